The first kappa shape index (κ1) is 19.2. The fourth-order valence-electron chi connectivity index (χ4n) is 3.30. The van der Waals surface area contributed by atoms with Crippen LogP contribution in [0.4, 0.5) is 5.69 Å². The van der Waals surface area contributed by atoms with Gasteiger partial charge in [-0.05, 0) is 56.2 Å². The second-order valence-corrected chi connectivity index (χ2v) is 7.87. The molecule has 1 atom stereocenters. The molecule has 0 fully saturated rings. The molecule has 2 heterocycles. The zero-order valence-electron chi connectivity index (χ0n) is 16.1. The zero-order chi connectivity index (χ0) is 19.6. The van der Waals surface area contributed by atoms with E-state index in [0.717, 1.165) is 30.1 Å². The summed E-state index contributed by atoms with van der Waals surface area (Å²) in [6.07, 6.45) is 1.71. The molecule has 0 spiro atoms. The lowest BCUT2D eigenvalue weighted by Crippen LogP contribution is -2.33. The molecule has 1 aromatic carbocycles. The van der Waals surface area contributed by atoms with Gasteiger partial charge in [0, 0.05) is 33.8 Å². The number of carboxylic acids is 1. The molecular weight excluding hydrogens is 358 g/mol. The first-order chi connectivity index (χ1) is 12.9. The number of hydrogen-bond donors (Lipinski definition) is 2. The van der Waals surface area contributed by atoms with Gasteiger partial charge in [-0.2, -0.15) is 0 Å². The van der Waals surface area contributed by atoms with Crippen LogP contribution in [0.25, 0.3) is 0 Å². The number of aromatic carboxylic acids is 1. The number of hydrogen-bond acceptors (Lipinski definition) is 5. The maximum Gasteiger partial charge on any atom is 0.335 e. The van der Waals surface area contributed by atoms with Crippen LogP contribution in [0.3, 0.4) is 0 Å². The van der Waals surface area contributed by atoms with E-state index in [2.05, 4.69) is 50.2 Å². The fraction of sp³-hybridized carbons (Fsp3) is 0.333. The Balaban J connectivity index is 1.97. The number of anilines is 1. The predicted molar refractivity (Wildman–Crippen MR) is 112 cm³/mol. The van der Waals surface area contributed by atoms with Crippen LogP contribution in [0.15, 0.2) is 52.8 Å². The Morgan fingerprint density at radius 2 is 1.89 bits per heavy atom. The number of allylic oxidation sites excluding steroid dienone is 1. The number of nitrogens with zero attached hydrogens (tertiary/aromatic N) is 2. The third-order valence-corrected chi connectivity index (χ3v) is 5.77. The third-order valence-electron chi connectivity index (χ3n) is 4.73. The summed E-state index contributed by atoms with van der Waals surface area (Å²) in [7, 11) is 2.05. The van der Waals surface area contributed by atoms with Gasteiger partial charge in [0.15, 0.2) is 6.17 Å². The van der Waals surface area contributed by atoms with Crippen molar-refractivity contribution >= 4 is 28.7 Å². The van der Waals surface area contributed by atoms with Gasteiger partial charge in [0.05, 0.1) is 5.56 Å². The van der Waals surface area contributed by atoms with E-state index in [4.69, 9.17) is 10.1 Å². The Morgan fingerprint density at radius 1 is 1.19 bits per heavy atom. The lowest BCUT2D eigenvalue weighted by molar-refractivity contribution is 0.0697. The smallest absolute Gasteiger partial charge is 0.335 e. The minimum atomic E-state index is -0.918. The number of thiophene rings is 1. The Morgan fingerprint density at radius 3 is 2.41 bits per heavy atom. The van der Waals surface area contributed by atoms with Crippen molar-refractivity contribution in [3.05, 3.63) is 63.1 Å². The summed E-state index contributed by atoms with van der Waals surface area (Å²) in [6.45, 7) is 6.38. The van der Waals surface area contributed by atoms with Crippen LogP contribution in [0.2, 0.25) is 0 Å². The largest absolute Gasteiger partial charge is 0.478 e. The van der Waals surface area contributed by atoms with Crippen molar-refractivity contribution in [3.8, 4) is 0 Å². The molecule has 3 rings (SSSR count). The Labute approximate surface area is 164 Å². The topological polar surface area (TPSA) is 64.9 Å². The van der Waals surface area contributed by atoms with Crippen LogP contribution >= 0.6 is 11.3 Å². The van der Waals surface area contributed by atoms with Crippen molar-refractivity contribution in [3.63, 3.8) is 0 Å². The summed E-state index contributed by atoms with van der Waals surface area (Å²) in [5, 5.41) is 12.6. The van der Waals surface area contributed by atoms with Crippen LogP contribution < -0.4 is 5.32 Å². The molecule has 0 saturated heterocycles. The molecule has 5 nitrogen and oxygen atoms in total. The van der Waals surface area contributed by atoms with Gasteiger partial charge in [-0.15, -0.1) is 11.3 Å². The van der Waals surface area contributed by atoms with Gasteiger partial charge in [-0.25, -0.2) is 4.79 Å². The first-order valence-corrected chi connectivity index (χ1v) is 9.96. The molecular formula is C21H25N3O2S. The van der Waals surface area contributed by atoms with Crippen molar-refractivity contribution in [2.75, 3.05) is 12.4 Å². The van der Waals surface area contributed by atoms with Crippen LogP contribution in [-0.4, -0.2) is 28.7 Å². The van der Waals surface area contributed by atoms with Crippen LogP contribution in [0, 0.1) is 6.92 Å². The molecule has 27 heavy (non-hydrogen) atoms. The number of carboxylic acid groups (broad SMARTS) is 1. The van der Waals surface area contributed by atoms with E-state index >= 15 is 0 Å². The molecule has 6 heteroatoms. The summed E-state index contributed by atoms with van der Waals surface area (Å²) in [6, 6.07) is 11.1. The van der Waals surface area contributed by atoms with Gasteiger partial charge in [0.2, 0.25) is 0 Å². The number of aliphatic imine (C=N–C) groups is 1. The van der Waals surface area contributed by atoms with Gasteiger partial charge in [0.1, 0.15) is 5.82 Å². The zero-order valence-corrected chi connectivity index (χ0v) is 16.9. The van der Waals surface area contributed by atoms with Crippen LogP contribution in [-0.2, 0) is 0 Å². The minimum Gasteiger partial charge on any atom is -0.478 e. The molecule has 0 aliphatic carbocycles. The summed E-state index contributed by atoms with van der Waals surface area (Å²) >= 11 is 1.77. The van der Waals surface area contributed by atoms with E-state index in [1.165, 1.54) is 15.3 Å². The van der Waals surface area contributed by atoms with Crippen LogP contribution in [0.5, 0.6) is 0 Å². The molecule has 1 unspecified atom stereocenters. The van der Waals surface area contributed by atoms with Crippen molar-refractivity contribution < 1.29 is 9.90 Å². The van der Waals surface area contributed by atoms with E-state index in [-0.39, 0.29) is 11.7 Å². The molecule has 0 saturated carbocycles. The molecule has 1 aromatic heterocycles. The molecule has 2 aromatic rings. The highest BCUT2D eigenvalue weighted by Crippen LogP contribution is 2.36. The highest BCUT2D eigenvalue weighted by Gasteiger charge is 2.28. The van der Waals surface area contributed by atoms with E-state index in [9.17, 15) is 4.79 Å². The Hall–Kier alpha value is -2.60. The quantitative estimate of drug-likeness (QED) is 0.712. The van der Waals surface area contributed by atoms with Gasteiger partial charge in [0.25, 0.3) is 0 Å². The molecule has 142 valence electrons. The molecule has 1 aliphatic heterocycles. The average Bonchev–Trinajstić information content (AvgIpc) is 3.09. The second kappa shape index (κ2) is 7.96. The first-order valence-electron chi connectivity index (χ1n) is 9.14. The van der Waals surface area contributed by atoms with Crippen molar-refractivity contribution in [1.29, 1.82) is 0 Å². The molecule has 1 aliphatic rings. The highest BCUT2D eigenvalue weighted by atomic mass is 32.1. The number of aryl methyl sites for hydroxylation is 1. The number of rotatable bonds is 6. The molecule has 0 amide bonds. The van der Waals surface area contributed by atoms with E-state index in [1.807, 2.05) is 0 Å². The van der Waals surface area contributed by atoms with Gasteiger partial charge in [-0.3, -0.25) is 4.99 Å². The summed E-state index contributed by atoms with van der Waals surface area (Å²) < 4.78 is 0. The monoisotopic (exact) mass is 383 g/mol. The van der Waals surface area contributed by atoms with Crippen molar-refractivity contribution in [2.24, 2.45) is 4.99 Å². The second-order valence-electron chi connectivity index (χ2n) is 6.55. The van der Waals surface area contributed by atoms with Gasteiger partial charge in [-0.1, -0.05) is 13.8 Å². The predicted octanol–water partition coefficient (Wildman–Crippen LogP) is 5.28. The normalized spacial score (nSPS) is 17.1. The maximum absolute atomic E-state index is 11.1. The lowest BCUT2D eigenvalue weighted by atomic mass is 10.0. The molecule has 2 N–H and O–H groups in total. The summed E-state index contributed by atoms with van der Waals surface area (Å²) in [4.78, 5) is 20.8. The van der Waals surface area contributed by atoms with Crippen LogP contribution in [0.1, 0.15) is 53.0 Å². The van der Waals surface area contributed by atoms with Gasteiger partial charge >= 0.3 is 5.97 Å². The summed E-state index contributed by atoms with van der Waals surface area (Å²) in [5.74, 6) is 0.113. The van der Waals surface area contributed by atoms with Crippen molar-refractivity contribution in [1.82, 2.24) is 4.90 Å². The standard InChI is InChI=1S/C21H25N3O2S/c1-5-16-17(6-2)23-20(18-12-7-13(3)27-18)24(4)19(16)22-15-10-8-14(9-11-15)21(25)26/h7-12,20,22H,5-6H2,1-4H3,(H,25,26). The average molecular weight is 384 g/mol. The lowest BCUT2D eigenvalue weighted by Gasteiger charge is -2.36. The van der Waals surface area contributed by atoms with E-state index in [0.29, 0.717) is 0 Å². The molecule has 0 bridgehead atoms. The minimum absolute atomic E-state index is 0.0465. The SMILES string of the molecule is CCC1=NC(c2ccc(C)s2)N(C)C(Nc2ccc(C(=O)O)cc2)=C1CC. The molecule has 0 radical (unpaired) electrons. The van der Waals surface area contributed by atoms with E-state index < -0.39 is 5.97 Å². The third kappa shape index (κ3) is 3.90. The number of nitrogens with one attached hydrogen (secondary N) is 1. The Bertz CT molecular complexity index is 896. The summed E-state index contributed by atoms with van der Waals surface area (Å²) in [5.41, 5.74) is 3.47. The Kier molecular flexibility index (Phi) is 5.65. The van der Waals surface area contributed by atoms with Gasteiger partial charge < -0.3 is 15.3 Å². The maximum atomic E-state index is 11.1. The number of benzene rings is 1. The van der Waals surface area contributed by atoms with Crippen molar-refractivity contribution in [2.45, 2.75) is 39.8 Å². The fourth-order valence-corrected chi connectivity index (χ4v) is 4.26. The van der Waals surface area contributed by atoms with E-state index in [1.54, 1.807) is 35.6 Å². The highest BCUT2D eigenvalue weighted by molar-refractivity contribution is 7.12. The number of carbonyl (C=O) groups is 1.